The number of aromatic nitrogens is 8. The molecule has 2 aliphatic heterocycles. The molecule has 2 aliphatic rings. The molecule has 16 nitrogen and oxygen atoms in total. The van der Waals surface area contributed by atoms with E-state index in [0.717, 1.165) is 83.0 Å². The van der Waals surface area contributed by atoms with Crippen molar-refractivity contribution < 1.29 is 19.1 Å². The highest BCUT2D eigenvalue weighted by Crippen LogP contribution is 2.44. The van der Waals surface area contributed by atoms with Gasteiger partial charge in [0.05, 0.1) is 45.3 Å². The quantitative estimate of drug-likeness (QED) is 0.130. The molecule has 8 heterocycles. The zero-order chi connectivity index (χ0) is 46.7. The maximum absolute atomic E-state index is 12.4. The van der Waals surface area contributed by atoms with Crippen LogP contribution in [0.25, 0.3) is 77.3 Å². The van der Waals surface area contributed by atoms with Crippen LogP contribution in [0.5, 0.6) is 0 Å². The number of hydrogen-bond donors (Lipinski definition) is 4. The molecular formula is C50H52N12O4. The zero-order valence-electron chi connectivity index (χ0n) is 38.0. The van der Waals surface area contributed by atoms with Gasteiger partial charge < -0.3 is 40.7 Å². The number of nitrogens with one attached hydrogen (secondary N) is 2. The monoisotopic (exact) mass is 884 g/mol. The molecule has 0 bridgehead atoms. The van der Waals surface area contributed by atoms with Crippen molar-refractivity contribution in [2.75, 3.05) is 11.5 Å². The molecule has 0 unspecified atom stereocenters. The molecular weight excluding hydrogens is 833 g/mol. The van der Waals surface area contributed by atoms with Gasteiger partial charge in [-0.15, -0.1) is 0 Å². The van der Waals surface area contributed by atoms with Crippen LogP contribution in [0.1, 0.15) is 66.3 Å². The summed E-state index contributed by atoms with van der Waals surface area (Å²) in [7, 11) is 0. The molecule has 0 fully saturated rings. The minimum atomic E-state index is -0.570. The largest absolute Gasteiger partial charge is 0.444 e. The third-order valence-corrected chi connectivity index (χ3v) is 11.4. The minimum absolute atomic E-state index is 0.186. The number of allylic oxidation sites excluding steroid dienone is 1. The number of amides is 2. The van der Waals surface area contributed by atoms with Crippen molar-refractivity contribution in [3.8, 4) is 22.3 Å². The highest BCUT2D eigenvalue weighted by Gasteiger charge is 2.33. The van der Waals surface area contributed by atoms with Gasteiger partial charge in [-0.1, -0.05) is 49.1 Å². The highest BCUT2D eigenvalue weighted by atomic mass is 16.6. The molecule has 336 valence electrons. The summed E-state index contributed by atoms with van der Waals surface area (Å²) in [6.45, 7) is 18.4. The van der Waals surface area contributed by atoms with Crippen molar-refractivity contribution in [2.24, 2.45) is 0 Å². The third-order valence-electron chi connectivity index (χ3n) is 11.4. The number of anilines is 2. The Labute approximate surface area is 381 Å². The van der Waals surface area contributed by atoms with Crippen LogP contribution in [0.2, 0.25) is 0 Å². The maximum atomic E-state index is 12.4. The molecule has 10 rings (SSSR count). The number of nitrogens with two attached hydrogens (primary N) is 2. The van der Waals surface area contributed by atoms with Gasteiger partial charge in [0.15, 0.2) is 0 Å². The molecule has 6 aromatic heterocycles. The summed E-state index contributed by atoms with van der Waals surface area (Å²) in [5, 5.41) is 9.55. The first kappa shape index (κ1) is 43.4. The summed E-state index contributed by atoms with van der Waals surface area (Å²) in [4.78, 5) is 51.7. The lowest BCUT2D eigenvalue weighted by Gasteiger charge is -2.29. The van der Waals surface area contributed by atoms with Crippen LogP contribution in [-0.2, 0) is 22.6 Å². The minimum Gasteiger partial charge on any atom is -0.444 e. The first-order valence-corrected chi connectivity index (χ1v) is 21.7. The Balaban J connectivity index is 0.000000166. The van der Waals surface area contributed by atoms with Crippen molar-refractivity contribution in [3.05, 3.63) is 110 Å². The molecule has 66 heavy (non-hydrogen) atoms. The smallest absolute Gasteiger partial charge is 0.408 e. The van der Waals surface area contributed by atoms with E-state index in [9.17, 15) is 9.59 Å². The van der Waals surface area contributed by atoms with Gasteiger partial charge in [0.1, 0.15) is 46.8 Å². The van der Waals surface area contributed by atoms with E-state index in [1.165, 1.54) is 12.7 Å². The molecule has 8 aromatic rings. The Morgan fingerprint density at radius 1 is 0.682 bits per heavy atom. The van der Waals surface area contributed by atoms with Gasteiger partial charge in [-0.25, -0.2) is 29.5 Å². The lowest BCUT2D eigenvalue weighted by Crippen LogP contribution is -2.43. The summed E-state index contributed by atoms with van der Waals surface area (Å²) in [5.74, 6) is 0.809. The van der Waals surface area contributed by atoms with Crippen LogP contribution >= 0.6 is 0 Å². The van der Waals surface area contributed by atoms with Gasteiger partial charge in [-0.3, -0.25) is 9.97 Å². The summed E-state index contributed by atoms with van der Waals surface area (Å²) >= 11 is 0. The second-order valence-corrected chi connectivity index (χ2v) is 18.7. The SMILES string of the molecule is C=C1C[C@H](NC(=O)OC(C)(C)C)Cn2c1c(-c1cnc3ccccc3c1)c1c(N)ncnc12.CC1=C[C@H](NC(=O)OC(C)(C)C)Cn2c1c(-c1cnc3ccccc3c1)c1c(N)ncnc12. The van der Waals surface area contributed by atoms with Crippen LogP contribution in [0.15, 0.2) is 98.4 Å². The number of pyridine rings is 2. The van der Waals surface area contributed by atoms with Gasteiger partial charge in [0.25, 0.3) is 0 Å². The Morgan fingerprint density at radius 3 is 1.70 bits per heavy atom. The number of nitrogens with zero attached hydrogens (tertiary/aromatic N) is 8. The number of carbonyl (C=O) groups excluding carboxylic acids is 2. The van der Waals surface area contributed by atoms with Crippen LogP contribution in [-0.4, -0.2) is 74.5 Å². The van der Waals surface area contributed by atoms with E-state index in [1.807, 2.05) is 115 Å². The van der Waals surface area contributed by atoms with Crippen LogP contribution < -0.4 is 22.1 Å². The van der Waals surface area contributed by atoms with Gasteiger partial charge in [-0.05, 0) is 90.3 Å². The molecule has 6 N–H and O–H groups in total. The number of alkyl carbamates (subject to hydrolysis) is 2. The molecule has 0 saturated heterocycles. The van der Waals surface area contributed by atoms with Gasteiger partial charge in [0.2, 0.25) is 0 Å². The zero-order valence-corrected chi connectivity index (χ0v) is 38.0. The van der Waals surface area contributed by atoms with Crippen molar-refractivity contribution in [1.29, 1.82) is 0 Å². The number of benzene rings is 2. The molecule has 0 aliphatic carbocycles. The summed E-state index contributed by atoms with van der Waals surface area (Å²) in [5.41, 5.74) is 22.4. The number of carbonyl (C=O) groups is 2. The van der Waals surface area contributed by atoms with Crippen molar-refractivity contribution in [3.63, 3.8) is 0 Å². The Morgan fingerprint density at radius 2 is 1.17 bits per heavy atom. The number of para-hydroxylation sites is 2. The lowest BCUT2D eigenvalue weighted by atomic mass is 9.94. The third kappa shape index (κ3) is 8.44. The van der Waals surface area contributed by atoms with E-state index in [0.29, 0.717) is 36.8 Å². The topological polar surface area (TPSA) is 216 Å². The average Bonchev–Trinajstić information content (AvgIpc) is 3.77. The fourth-order valence-electron chi connectivity index (χ4n) is 8.92. The molecule has 0 saturated carbocycles. The van der Waals surface area contributed by atoms with Crippen LogP contribution in [0.4, 0.5) is 21.2 Å². The van der Waals surface area contributed by atoms with Gasteiger partial charge in [-0.2, -0.15) is 0 Å². The fraction of sp³-hybridized carbons (Fsp3) is 0.280. The van der Waals surface area contributed by atoms with Crippen molar-refractivity contribution >= 4 is 78.8 Å². The standard InChI is InChI=1S/2C25H26N6O2/c2*1-14-9-17(30-24(32)33-25(2,3)4)12-31-21(14)19(20-22(26)28-13-29-23(20)31)16-10-15-7-5-6-8-18(15)27-11-16/h5-11,13,17H,12H2,1-4H3,(H,30,32)(H2,26,28,29);5-8,10-11,13,17H,1,9,12H2,2-4H3,(H,30,32)(H2,26,28,29)/t2*17-/m00/s1. The lowest BCUT2D eigenvalue weighted by molar-refractivity contribution is 0.0492. The van der Waals surface area contributed by atoms with Gasteiger partial charge in [0, 0.05) is 58.5 Å². The Hall–Kier alpha value is -7.88. The van der Waals surface area contributed by atoms with E-state index >= 15 is 0 Å². The normalized spacial score (nSPS) is 16.0. The maximum Gasteiger partial charge on any atom is 0.408 e. The number of rotatable bonds is 4. The number of hydrogen-bond acceptors (Lipinski definition) is 12. The van der Waals surface area contributed by atoms with Crippen LogP contribution in [0.3, 0.4) is 0 Å². The first-order valence-electron chi connectivity index (χ1n) is 21.7. The second kappa shape index (κ2) is 16.6. The predicted molar refractivity (Wildman–Crippen MR) is 259 cm³/mol. The molecule has 0 spiro atoms. The summed E-state index contributed by atoms with van der Waals surface area (Å²) < 4.78 is 15.0. The predicted octanol–water partition coefficient (Wildman–Crippen LogP) is 9.08. The average molecular weight is 885 g/mol. The molecule has 2 atom stereocenters. The van der Waals surface area contributed by atoms with Crippen molar-refractivity contribution in [1.82, 2.24) is 49.7 Å². The first-order chi connectivity index (χ1) is 31.4. The van der Waals surface area contributed by atoms with Crippen molar-refractivity contribution in [2.45, 2.75) is 91.3 Å². The van der Waals surface area contributed by atoms with E-state index in [-0.39, 0.29) is 12.1 Å². The van der Waals surface area contributed by atoms with E-state index in [2.05, 4.69) is 68.4 Å². The number of ether oxygens (including phenoxy) is 2. The molecule has 2 amide bonds. The molecule has 0 radical (unpaired) electrons. The summed E-state index contributed by atoms with van der Waals surface area (Å²) in [6, 6.07) is 19.8. The highest BCUT2D eigenvalue weighted by molar-refractivity contribution is 6.08. The fourth-order valence-corrected chi connectivity index (χ4v) is 8.92. The number of fused-ring (bicyclic) bond motifs is 8. The van der Waals surface area contributed by atoms with E-state index in [4.69, 9.17) is 20.9 Å². The second-order valence-electron chi connectivity index (χ2n) is 18.7. The van der Waals surface area contributed by atoms with E-state index < -0.39 is 23.4 Å². The van der Waals surface area contributed by atoms with E-state index in [1.54, 1.807) is 0 Å². The van der Waals surface area contributed by atoms with Crippen LogP contribution in [0, 0.1) is 0 Å². The molecule has 2 aromatic carbocycles. The Bertz CT molecular complexity index is 3240. The van der Waals surface area contributed by atoms with Gasteiger partial charge >= 0.3 is 12.2 Å². The summed E-state index contributed by atoms with van der Waals surface area (Å²) in [6.07, 6.45) is 8.36. The Kier molecular flexibility index (Phi) is 10.9. The number of nitrogen functional groups attached to an aromatic ring is 2. The molecule has 16 heteroatoms.